The Kier molecular flexibility index (Phi) is 2.45. The van der Waals surface area contributed by atoms with Crippen LogP contribution in [-0.2, 0) is 0 Å². The highest BCUT2D eigenvalue weighted by molar-refractivity contribution is 6.56. The summed E-state index contributed by atoms with van der Waals surface area (Å²) in [5.41, 5.74) is 1.22. The second-order valence-electron chi connectivity index (χ2n) is 6.62. The van der Waals surface area contributed by atoms with Gasteiger partial charge in [-0.2, -0.15) is 0 Å². The summed E-state index contributed by atoms with van der Waals surface area (Å²) in [6, 6.07) is 0. The van der Waals surface area contributed by atoms with Crippen molar-refractivity contribution in [3.8, 4) is 0 Å². The largest absolute Gasteiger partial charge is 0.0946 e. The minimum atomic E-state index is 0.876. The Morgan fingerprint density at radius 2 is 1.50 bits per heavy atom. The van der Waals surface area contributed by atoms with Crippen LogP contribution in [0.15, 0.2) is 10.4 Å². The maximum absolute atomic E-state index is 2.06. The molecule has 0 heterocycles. The molecule has 0 nitrogen and oxygen atoms in total. The van der Waals surface area contributed by atoms with Crippen LogP contribution in [0.1, 0.15) is 6.42 Å². The zero-order valence-electron chi connectivity index (χ0n) is 10.8. The molecule has 0 N–H and O–H groups in total. The Morgan fingerprint density at radius 3 is 1.86 bits per heavy atom. The van der Waals surface area contributed by atoms with Crippen LogP contribution in [0.5, 0.6) is 0 Å². The standard InChI is InChI=1S/C7H24Si7/c8-2-3(9)6(12)1-5(2,11)4(10)7(6,13)14/h4H,1H2,8-14H3. The number of hydrogen-bond acceptors (Lipinski definition) is 0. The Balaban J connectivity index is 2.66. The maximum Gasteiger partial charge on any atom is 0.0330 e. The lowest BCUT2D eigenvalue weighted by molar-refractivity contribution is 0.644. The lowest BCUT2D eigenvalue weighted by Crippen LogP contribution is -2.35. The third-order valence-electron chi connectivity index (χ3n) is 6.43. The van der Waals surface area contributed by atoms with Gasteiger partial charge in [0.15, 0.2) is 0 Å². The van der Waals surface area contributed by atoms with Gasteiger partial charge in [0.05, 0.1) is 0 Å². The van der Waals surface area contributed by atoms with Crippen LogP contribution >= 0.6 is 0 Å². The van der Waals surface area contributed by atoms with Crippen LogP contribution in [0.25, 0.3) is 0 Å². The number of allylic oxidation sites excluding steroid dienone is 2. The molecule has 1 saturated carbocycles. The molecule has 2 aliphatic carbocycles. The lowest BCUT2D eigenvalue weighted by Gasteiger charge is -2.47. The van der Waals surface area contributed by atoms with Crippen molar-refractivity contribution in [2.24, 2.45) is 0 Å². The highest BCUT2D eigenvalue weighted by Crippen LogP contribution is 2.81. The van der Waals surface area contributed by atoms with E-state index in [0.717, 1.165) is 14.7 Å². The molecular formula is C7H24Si7. The quantitative estimate of drug-likeness (QED) is 0.391. The Morgan fingerprint density at radius 1 is 1.00 bits per heavy atom. The molecule has 2 aliphatic rings. The first kappa shape index (κ1) is 11.7. The van der Waals surface area contributed by atoms with Crippen molar-refractivity contribution in [3.63, 3.8) is 0 Å². The molecule has 3 atom stereocenters. The first-order valence-corrected chi connectivity index (χ1v) is 13.0. The molecule has 14 heavy (non-hydrogen) atoms. The second kappa shape index (κ2) is 2.93. The van der Waals surface area contributed by atoms with Gasteiger partial charge < -0.3 is 0 Å². The van der Waals surface area contributed by atoms with E-state index in [2.05, 4.69) is 5.20 Å². The van der Waals surface area contributed by atoms with Gasteiger partial charge in [0.1, 0.15) is 0 Å². The molecule has 0 saturated heterocycles. The van der Waals surface area contributed by atoms with Gasteiger partial charge in [-0.1, -0.05) is 15.1 Å². The van der Waals surface area contributed by atoms with Crippen molar-refractivity contribution in [3.05, 3.63) is 10.4 Å². The van der Waals surface area contributed by atoms with Crippen LogP contribution in [0, 0.1) is 0 Å². The highest BCUT2D eigenvalue weighted by atomic mass is 28.2. The molecule has 0 radical (unpaired) electrons. The fourth-order valence-corrected chi connectivity index (χ4v) is 18.9. The van der Waals surface area contributed by atoms with Gasteiger partial charge in [-0.05, 0) is 22.0 Å². The van der Waals surface area contributed by atoms with E-state index < -0.39 is 0 Å². The van der Waals surface area contributed by atoms with Crippen molar-refractivity contribution >= 4 is 71.7 Å². The molecule has 2 rings (SSSR count). The number of fused-ring (bicyclic) bond motifs is 2. The molecule has 2 bridgehead atoms. The van der Waals surface area contributed by atoms with Gasteiger partial charge in [-0.15, -0.1) is 0 Å². The summed E-state index contributed by atoms with van der Waals surface area (Å²) < 4.78 is 0.957. The smallest absolute Gasteiger partial charge is 0.0330 e. The van der Waals surface area contributed by atoms with E-state index in [1.165, 1.54) is 77.2 Å². The Labute approximate surface area is 108 Å². The zero-order valence-corrected chi connectivity index (χ0v) is 24.8. The molecular weight excluding hydrogens is 281 g/mol. The molecule has 0 aromatic heterocycles. The third kappa shape index (κ3) is 1.02. The molecule has 0 aliphatic heterocycles. The SMILES string of the molecule is [SiH3]C1=C([SiH3])C2([SiH3])CC1([SiH3])C([SiH3])C2([SiH3])[SiH3]. The minimum Gasteiger partial charge on any atom is -0.0946 e. The van der Waals surface area contributed by atoms with Crippen LogP contribution in [0.3, 0.4) is 0 Å². The highest BCUT2D eigenvalue weighted by Gasteiger charge is 2.64. The fourth-order valence-electron chi connectivity index (χ4n) is 4.30. The van der Waals surface area contributed by atoms with Gasteiger partial charge in [0.25, 0.3) is 0 Å². The third-order valence-corrected chi connectivity index (χ3v) is 29.7. The summed E-state index contributed by atoms with van der Waals surface area (Å²) in [7, 11) is 10.3. The molecule has 0 aromatic rings. The predicted octanol–water partition coefficient (Wildman–Crippen LogP) is -6.60. The van der Waals surface area contributed by atoms with E-state index in [1.54, 1.807) is 6.42 Å². The van der Waals surface area contributed by atoms with Crippen molar-refractivity contribution in [2.45, 2.75) is 26.7 Å². The molecule has 3 unspecified atom stereocenters. The van der Waals surface area contributed by atoms with Crippen LogP contribution in [-0.4, -0.2) is 71.7 Å². The monoisotopic (exact) mass is 304 g/mol. The van der Waals surface area contributed by atoms with Crippen molar-refractivity contribution in [1.29, 1.82) is 0 Å². The predicted molar refractivity (Wildman–Crippen MR) is 93.0 cm³/mol. The first-order valence-electron chi connectivity index (χ1n) is 5.86. The zero-order chi connectivity index (χ0) is 10.9. The Hall–Kier alpha value is 1.26. The summed E-state index contributed by atoms with van der Waals surface area (Å²) in [5, 5.41) is 5.86. The molecule has 1 fully saturated rings. The second-order valence-corrected chi connectivity index (χ2v) is 19.4. The average Bonchev–Trinajstić information content (AvgIpc) is 2.35. The van der Waals surface area contributed by atoms with E-state index in [4.69, 9.17) is 0 Å². The Bertz CT molecular complexity index is 335. The number of rotatable bonds is 0. The normalized spacial score (nSPS) is 58.7. The summed E-state index contributed by atoms with van der Waals surface area (Å²) in [5.74, 6) is 0. The number of hydrogen-bond donors (Lipinski definition) is 0. The molecule has 0 spiro atoms. The molecule has 0 aromatic carbocycles. The fraction of sp³-hybridized carbons (Fsp3) is 0.714. The van der Waals surface area contributed by atoms with Crippen molar-refractivity contribution in [1.82, 2.24) is 0 Å². The summed E-state index contributed by atoms with van der Waals surface area (Å²) in [4.78, 5) is 0. The molecule has 80 valence electrons. The average molecular weight is 305 g/mol. The topological polar surface area (TPSA) is 0 Å². The van der Waals surface area contributed by atoms with Crippen LogP contribution in [0.4, 0.5) is 0 Å². The van der Waals surface area contributed by atoms with Crippen LogP contribution < -0.4 is 0 Å². The van der Waals surface area contributed by atoms with Gasteiger partial charge in [0.2, 0.25) is 0 Å². The lowest BCUT2D eigenvalue weighted by atomic mass is 10.0. The molecule has 0 amide bonds. The maximum atomic E-state index is 2.06. The summed E-state index contributed by atoms with van der Waals surface area (Å²) in [6.45, 7) is 0. The van der Waals surface area contributed by atoms with E-state index in [1.807, 2.05) is 5.20 Å². The van der Waals surface area contributed by atoms with E-state index in [9.17, 15) is 0 Å². The van der Waals surface area contributed by atoms with Crippen molar-refractivity contribution in [2.75, 3.05) is 0 Å². The molecule has 7 heteroatoms. The summed E-state index contributed by atoms with van der Waals surface area (Å²) in [6.07, 6.45) is 1.66. The van der Waals surface area contributed by atoms with E-state index in [0.29, 0.717) is 0 Å². The van der Waals surface area contributed by atoms with Gasteiger partial charge >= 0.3 is 0 Å². The van der Waals surface area contributed by atoms with E-state index in [-0.39, 0.29) is 0 Å². The summed E-state index contributed by atoms with van der Waals surface area (Å²) >= 11 is 0. The van der Waals surface area contributed by atoms with Gasteiger partial charge in [-0.3, -0.25) is 0 Å². The van der Waals surface area contributed by atoms with Gasteiger partial charge in [0, 0.05) is 71.7 Å². The van der Waals surface area contributed by atoms with Crippen LogP contribution in [0.2, 0.25) is 20.3 Å². The van der Waals surface area contributed by atoms with Crippen molar-refractivity contribution < 1.29 is 0 Å². The first-order chi connectivity index (χ1) is 6.18. The van der Waals surface area contributed by atoms with Gasteiger partial charge in [-0.25, -0.2) is 0 Å². The van der Waals surface area contributed by atoms with E-state index >= 15 is 0 Å². The minimum absolute atomic E-state index is 0.876.